The molecule has 0 spiro atoms. The van der Waals surface area contributed by atoms with Gasteiger partial charge in [0.15, 0.2) is 0 Å². The Morgan fingerprint density at radius 2 is 1.33 bits per heavy atom. The summed E-state index contributed by atoms with van der Waals surface area (Å²) in [6.45, 7) is 0. The number of pyridine rings is 2. The second kappa shape index (κ2) is 7.48. The second-order valence-electron chi connectivity index (χ2n) is 9.11. The van der Waals surface area contributed by atoms with Gasteiger partial charge in [-0.2, -0.15) is 0 Å². The van der Waals surface area contributed by atoms with Crippen LogP contribution in [0.3, 0.4) is 0 Å². The number of fused-ring (bicyclic) bond motifs is 8. The molecule has 4 heteroatoms. The minimum atomic E-state index is 0.929. The molecule has 0 saturated carbocycles. The van der Waals surface area contributed by atoms with Gasteiger partial charge in [-0.25, -0.2) is 9.97 Å². The van der Waals surface area contributed by atoms with Crippen LogP contribution in [-0.4, -0.2) is 14.4 Å². The molecular weight excluding hydrogens is 458 g/mol. The number of para-hydroxylation sites is 1. The molecule has 0 atom stereocenters. The van der Waals surface area contributed by atoms with Crippen LogP contribution in [0.4, 0.5) is 0 Å². The van der Waals surface area contributed by atoms with E-state index in [4.69, 9.17) is 9.97 Å². The molecule has 4 aromatic carbocycles. The predicted molar refractivity (Wildman–Crippen MR) is 152 cm³/mol. The first kappa shape index (κ1) is 19.7. The Bertz CT molecular complexity index is 2120. The van der Waals surface area contributed by atoms with Crippen LogP contribution in [-0.2, 0) is 0 Å². The average Bonchev–Trinajstić information content (AvgIpc) is 3.51. The normalized spacial score (nSPS) is 11.9. The summed E-state index contributed by atoms with van der Waals surface area (Å²) in [7, 11) is 0. The molecule has 4 heterocycles. The fourth-order valence-corrected chi connectivity index (χ4v) is 6.39. The first-order valence-electron chi connectivity index (χ1n) is 12.0. The first-order chi connectivity index (χ1) is 17.8. The van der Waals surface area contributed by atoms with Crippen molar-refractivity contribution < 1.29 is 0 Å². The zero-order chi connectivity index (χ0) is 23.6. The number of hydrogen-bond acceptors (Lipinski definition) is 3. The van der Waals surface area contributed by atoms with Gasteiger partial charge in [0, 0.05) is 37.3 Å². The van der Waals surface area contributed by atoms with Crippen molar-refractivity contribution in [1.29, 1.82) is 0 Å². The van der Waals surface area contributed by atoms with Crippen molar-refractivity contribution in [3.05, 3.63) is 115 Å². The fourth-order valence-electron chi connectivity index (χ4n) is 5.31. The van der Waals surface area contributed by atoms with Crippen LogP contribution >= 0.6 is 11.3 Å². The third-order valence-corrected chi connectivity index (χ3v) is 8.14. The third kappa shape index (κ3) is 2.85. The molecular formula is C32H19N3S. The molecule has 0 aliphatic rings. The third-order valence-electron chi connectivity index (χ3n) is 6.99. The molecule has 0 radical (unpaired) electrons. The number of benzene rings is 4. The predicted octanol–water partition coefficient (Wildman–Crippen LogP) is 8.74. The van der Waals surface area contributed by atoms with E-state index in [-0.39, 0.29) is 0 Å². The lowest BCUT2D eigenvalue weighted by molar-refractivity contribution is 1.22. The number of hydrogen-bond donors (Lipinski definition) is 0. The van der Waals surface area contributed by atoms with E-state index in [0.717, 1.165) is 38.8 Å². The van der Waals surface area contributed by atoms with Crippen molar-refractivity contribution in [3.8, 4) is 22.4 Å². The summed E-state index contributed by atoms with van der Waals surface area (Å²) in [5.74, 6) is 0. The molecule has 0 N–H and O–H groups in total. The van der Waals surface area contributed by atoms with E-state index in [1.807, 2.05) is 29.5 Å². The van der Waals surface area contributed by atoms with E-state index in [9.17, 15) is 0 Å². The molecule has 8 aromatic rings. The SMILES string of the molecule is c1cc(-c2ccc3sc4ccccc4c3c2)cc(-c2nc3ccccc3c3nc4ccccn4c23)c1. The summed E-state index contributed by atoms with van der Waals surface area (Å²) < 4.78 is 4.80. The Labute approximate surface area is 210 Å². The highest BCUT2D eigenvalue weighted by Gasteiger charge is 2.16. The summed E-state index contributed by atoms with van der Waals surface area (Å²) in [6.07, 6.45) is 2.07. The molecule has 0 fully saturated rings. The summed E-state index contributed by atoms with van der Waals surface area (Å²) in [6, 6.07) is 38.6. The van der Waals surface area contributed by atoms with Gasteiger partial charge >= 0.3 is 0 Å². The van der Waals surface area contributed by atoms with E-state index in [1.165, 1.54) is 31.3 Å². The van der Waals surface area contributed by atoms with Crippen molar-refractivity contribution >= 4 is 59.1 Å². The maximum absolute atomic E-state index is 5.15. The minimum Gasteiger partial charge on any atom is -0.298 e. The molecule has 0 unspecified atom stereocenters. The molecule has 0 amide bonds. The topological polar surface area (TPSA) is 30.2 Å². The number of aromatic nitrogens is 3. The standard InChI is InChI=1S/C32H19N3S/c1-3-12-26-24(11-1)31-32(35-17-6-5-14-29(35)34-31)30(33-26)22-9-7-8-20(18-22)21-15-16-28-25(19-21)23-10-2-4-13-27(23)36-28/h1-19H. The molecule has 168 valence electrons. The highest BCUT2D eigenvalue weighted by atomic mass is 32.1. The van der Waals surface area contributed by atoms with E-state index in [0.29, 0.717) is 0 Å². The fraction of sp³-hybridized carbons (Fsp3) is 0. The lowest BCUT2D eigenvalue weighted by Gasteiger charge is -2.10. The zero-order valence-electron chi connectivity index (χ0n) is 19.2. The van der Waals surface area contributed by atoms with Gasteiger partial charge in [-0.15, -0.1) is 11.3 Å². The van der Waals surface area contributed by atoms with E-state index in [1.54, 1.807) is 0 Å². The molecule has 0 aliphatic carbocycles. The lowest BCUT2D eigenvalue weighted by atomic mass is 9.99. The second-order valence-corrected chi connectivity index (χ2v) is 10.2. The number of thiophene rings is 1. The molecule has 36 heavy (non-hydrogen) atoms. The van der Waals surface area contributed by atoms with Crippen LogP contribution in [0.1, 0.15) is 0 Å². The number of nitrogens with zero attached hydrogens (tertiary/aromatic N) is 3. The highest BCUT2D eigenvalue weighted by molar-refractivity contribution is 7.25. The van der Waals surface area contributed by atoms with Gasteiger partial charge in [0.1, 0.15) is 11.2 Å². The zero-order valence-corrected chi connectivity index (χ0v) is 20.0. The van der Waals surface area contributed by atoms with Crippen LogP contribution in [0.2, 0.25) is 0 Å². The van der Waals surface area contributed by atoms with Gasteiger partial charge in [0.2, 0.25) is 0 Å². The summed E-state index contributed by atoms with van der Waals surface area (Å²) in [5, 5.41) is 3.71. The van der Waals surface area contributed by atoms with Crippen LogP contribution in [0.15, 0.2) is 115 Å². The Morgan fingerprint density at radius 3 is 2.31 bits per heavy atom. The maximum Gasteiger partial charge on any atom is 0.137 e. The van der Waals surface area contributed by atoms with E-state index in [2.05, 4.69) is 102 Å². The summed E-state index contributed by atoms with van der Waals surface area (Å²) in [5.41, 5.74) is 8.34. The maximum atomic E-state index is 5.15. The summed E-state index contributed by atoms with van der Waals surface area (Å²) >= 11 is 1.85. The van der Waals surface area contributed by atoms with Crippen LogP contribution in [0, 0.1) is 0 Å². The van der Waals surface area contributed by atoms with Gasteiger partial charge in [0.05, 0.1) is 16.7 Å². The van der Waals surface area contributed by atoms with Crippen LogP contribution < -0.4 is 0 Å². The molecule has 0 saturated heterocycles. The van der Waals surface area contributed by atoms with E-state index < -0.39 is 0 Å². The lowest BCUT2D eigenvalue weighted by Crippen LogP contribution is -1.92. The minimum absolute atomic E-state index is 0.929. The molecule has 0 aliphatic heterocycles. The van der Waals surface area contributed by atoms with Gasteiger partial charge in [0.25, 0.3) is 0 Å². The molecule has 0 bridgehead atoms. The molecule has 8 rings (SSSR count). The Kier molecular flexibility index (Phi) is 4.10. The quantitative estimate of drug-likeness (QED) is 0.249. The van der Waals surface area contributed by atoms with Gasteiger partial charge in [-0.1, -0.05) is 66.7 Å². The van der Waals surface area contributed by atoms with Gasteiger partial charge in [-0.05, 0) is 53.6 Å². The summed E-state index contributed by atoms with van der Waals surface area (Å²) in [4.78, 5) is 10.1. The van der Waals surface area contributed by atoms with Crippen molar-refractivity contribution in [3.63, 3.8) is 0 Å². The smallest absolute Gasteiger partial charge is 0.137 e. The van der Waals surface area contributed by atoms with Crippen molar-refractivity contribution in [2.75, 3.05) is 0 Å². The monoisotopic (exact) mass is 477 g/mol. The average molecular weight is 478 g/mol. The van der Waals surface area contributed by atoms with E-state index >= 15 is 0 Å². The van der Waals surface area contributed by atoms with Crippen LogP contribution in [0.25, 0.3) is 70.1 Å². The molecule has 3 nitrogen and oxygen atoms in total. The van der Waals surface area contributed by atoms with Gasteiger partial charge < -0.3 is 0 Å². The van der Waals surface area contributed by atoms with Gasteiger partial charge in [-0.3, -0.25) is 4.40 Å². The first-order valence-corrected chi connectivity index (χ1v) is 12.8. The number of rotatable bonds is 2. The largest absolute Gasteiger partial charge is 0.298 e. The Hall–Kier alpha value is -4.54. The van der Waals surface area contributed by atoms with Crippen molar-refractivity contribution in [1.82, 2.24) is 14.4 Å². The Morgan fingerprint density at radius 1 is 0.556 bits per heavy atom. The van der Waals surface area contributed by atoms with Crippen molar-refractivity contribution in [2.24, 2.45) is 0 Å². The van der Waals surface area contributed by atoms with Crippen LogP contribution in [0.5, 0.6) is 0 Å². The van der Waals surface area contributed by atoms with Crippen molar-refractivity contribution in [2.45, 2.75) is 0 Å². The molecule has 4 aromatic heterocycles. The number of imidazole rings is 1. The Balaban J connectivity index is 1.38. The highest BCUT2D eigenvalue weighted by Crippen LogP contribution is 2.38.